The van der Waals surface area contributed by atoms with E-state index in [2.05, 4.69) is 22.6 Å². The van der Waals surface area contributed by atoms with Gasteiger partial charge in [-0.3, -0.25) is 4.79 Å². The van der Waals surface area contributed by atoms with Crippen molar-refractivity contribution in [1.29, 1.82) is 0 Å². The molecule has 102 valence electrons. The van der Waals surface area contributed by atoms with Gasteiger partial charge in [0.15, 0.2) is 18.6 Å². The van der Waals surface area contributed by atoms with Crippen LogP contribution >= 0.6 is 22.6 Å². The van der Waals surface area contributed by atoms with E-state index < -0.39 is 12.6 Å². The maximum Gasteiger partial charge on any atom is 0.405 e. The lowest BCUT2D eigenvalue weighted by molar-refractivity contribution is -0.608. The molecule has 0 aliphatic heterocycles. The maximum absolute atomic E-state index is 11.8. The first-order valence-corrected chi connectivity index (χ1v) is 6.80. The van der Waals surface area contributed by atoms with Crippen molar-refractivity contribution in [2.24, 2.45) is 0 Å². The average Bonchev–Trinajstić information content (AvgIpc) is 2.45. The van der Waals surface area contributed by atoms with Crippen LogP contribution in [0, 0.1) is 8.78 Å². The van der Waals surface area contributed by atoms with Crippen LogP contribution in [-0.4, -0.2) is 18.4 Å². The van der Waals surface area contributed by atoms with E-state index in [1.54, 1.807) is 30.3 Å². The number of benzene rings is 1. The van der Waals surface area contributed by atoms with Gasteiger partial charge >= 0.3 is 11.7 Å². The van der Waals surface area contributed by atoms with Gasteiger partial charge in [-0.2, -0.15) is 4.73 Å². The van der Waals surface area contributed by atoms with Crippen LogP contribution in [0.15, 0.2) is 48.7 Å². The van der Waals surface area contributed by atoms with Crippen molar-refractivity contribution in [2.75, 3.05) is 6.61 Å². The molecule has 1 heterocycles. The number of esters is 1. The highest BCUT2D eigenvalue weighted by molar-refractivity contribution is 14.1. The highest BCUT2D eigenvalue weighted by atomic mass is 127. The smallest absolute Gasteiger partial charge is 0.405 e. The number of halogens is 1. The topological polar surface area (TPSA) is 70.3 Å². The van der Waals surface area contributed by atoms with Gasteiger partial charge in [-0.05, 0) is 40.8 Å². The van der Waals surface area contributed by atoms with Gasteiger partial charge in [0.25, 0.3) is 0 Å². The largest absolute Gasteiger partial charge is 0.618 e. The van der Waals surface area contributed by atoms with E-state index in [4.69, 9.17) is 4.74 Å². The molecule has 0 aliphatic rings. The summed E-state index contributed by atoms with van der Waals surface area (Å²) in [7, 11) is 0. The van der Waals surface area contributed by atoms with Crippen molar-refractivity contribution in [1.82, 2.24) is 0 Å². The molecule has 6 heteroatoms. The summed E-state index contributed by atoms with van der Waals surface area (Å²) in [4.78, 5) is 23.5. The van der Waals surface area contributed by atoms with Gasteiger partial charge in [0, 0.05) is 21.3 Å². The standard InChI is InChI=1S/C14H10INO4/c15-11-6-4-10(5-7-11)13(17)9-20-14(18)12-3-1-2-8-16(12)19/h1-8H,9H2. The lowest BCUT2D eigenvalue weighted by Crippen LogP contribution is -2.35. The van der Waals surface area contributed by atoms with E-state index in [0.29, 0.717) is 10.3 Å². The van der Waals surface area contributed by atoms with E-state index in [0.717, 1.165) is 3.57 Å². The van der Waals surface area contributed by atoms with E-state index >= 15 is 0 Å². The monoisotopic (exact) mass is 383 g/mol. The Hall–Kier alpha value is -1.96. The quantitative estimate of drug-likeness (QED) is 0.266. The van der Waals surface area contributed by atoms with Gasteiger partial charge in [0.2, 0.25) is 0 Å². The lowest BCUT2D eigenvalue weighted by atomic mass is 10.1. The molecular weight excluding hydrogens is 373 g/mol. The van der Waals surface area contributed by atoms with Crippen molar-refractivity contribution in [3.05, 3.63) is 68.7 Å². The van der Waals surface area contributed by atoms with Crippen LogP contribution in [0.1, 0.15) is 20.8 Å². The third-order valence-corrected chi connectivity index (χ3v) is 3.25. The fraction of sp³-hybridized carbons (Fsp3) is 0.0714. The van der Waals surface area contributed by atoms with Crippen LogP contribution in [0.2, 0.25) is 0 Å². The second kappa shape index (κ2) is 6.47. The number of aromatic nitrogens is 1. The van der Waals surface area contributed by atoms with Crippen LogP contribution in [0.3, 0.4) is 0 Å². The number of nitrogens with zero attached hydrogens (tertiary/aromatic N) is 1. The second-order valence-electron chi connectivity index (χ2n) is 3.92. The fourth-order valence-electron chi connectivity index (χ4n) is 1.51. The first-order valence-electron chi connectivity index (χ1n) is 5.72. The van der Waals surface area contributed by atoms with Crippen molar-refractivity contribution in [2.45, 2.75) is 0 Å². The molecule has 0 bridgehead atoms. The van der Waals surface area contributed by atoms with E-state index in [1.807, 2.05) is 0 Å². The first-order chi connectivity index (χ1) is 9.58. The molecule has 0 radical (unpaired) electrons. The Morgan fingerprint density at radius 1 is 1.15 bits per heavy atom. The lowest BCUT2D eigenvalue weighted by Gasteiger charge is -2.05. The summed E-state index contributed by atoms with van der Waals surface area (Å²) in [5.41, 5.74) is 0.309. The van der Waals surface area contributed by atoms with Gasteiger partial charge in [0.05, 0.1) is 0 Å². The van der Waals surface area contributed by atoms with Gasteiger partial charge in [-0.25, -0.2) is 4.79 Å². The highest BCUT2D eigenvalue weighted by Crippen LogP contribution is 2.08. The third-order valence-electron chi connectivity index (χ3n) is 2.53. The molecule has 5 nitrogen and oxygen atoms in total. The van der Waals surface area contributed by atoms with Gasteiger partial charge in [-0.1, -0.05) is 12.1 Å². The van der Waals surface area contributed by atoms with Gasteiger partial charge in [0.1, 0.15) is 0 Å². The predicted octanol–water partition coefficient (Wildman–Crippen LogP) is 1.96. The summed E-state index contributed by atoms with van der Waals surface area (Å²) in [6, 6.07) is 11.3. The molecule has 20 heavy (non-hydrogen) atoms. The summed E-state index contributed by atoms with van der Waals surface area (Å²) < 4.78 is 6.25. The number of hydrogen-bond acceptors (Lipinski definition) is 4. The molecule has 0 amide bonds. The van der Waals surface area contributed by atoms with E-state index in [1.165, 1.54) is 18.3 Å². The molecule has 0 aliphatic carbocycles. The van der Waals surface area contributed by atoms with Crippen LogP contribution in [0.25, 0.3) is 0 Å². The number of Topliss-reactive ketones (excluding diaryl/α,β-unsaturated/α-hetero) is 1. The summed E-state index contributed by atoms with van der Waals surface area (Å²) in [5.74, 6) is -1.14. The van der Waals surface area contributed by atoms with Crippen LogP contribution in [0.4, 0.5) is 0 Å². The minimum Gasteiger partial charge on any atom is -0.618 e. The molecule has 0 saturated heterocycles. The van der Waals surface area contributed by atoms with E-state index in [-0.39, 0.29) is 11.5 Å². The number of pyridine rings is 1. The average molecular weight is 383 g/mol. The van der Waals surface area contributed by atoms with Gasteiger partial charge in [-0.15, -0.1) is 0 Å². The van der Waals surface area contributed by atoms with Crippen LogP contribution < -0.4 is 4.73 Å². The van der Waals surface area contributed by atoms with E-state index in [9.17, 15) is 14.8 Å². The number of carbonyl (C=O) groups excluding carboxylic acids is 2. The molecule has 2 aromatic rings. The molecule has 0 unspecified atom stereocenters. The molecule has 0 spiro atoms. The van der Waals surface area contributed by atoms with Crippen LogP contribution in [0.5, 0.6) is 0 Å². The Bertz CT molecular complexity index is 640. The number of ether oxygens (including phenoxy) is 1. The molecule has 2 rings (SSSR count). The van der Waals surface area contributed by atoms with Crippen molar-refractivity contribution in [3.63, 3.8) is 0 Å². The highest BCUT2D eigenvalue weighted by Gasteiger charge is 2.18. The molecule has 0 atom stereocenters. The van der Waals surface area contributed by atoms with Crippen molar-refractivity contribution in [3.8, 4) is 0 Å². The Kier molecular flexibility index (Phi) is 4.67. The normalized spacial score (nSPS) is 10.1. The summed E-state index contributed by atoms with van der Waals surface area (Å²) in [6.07, 6.45) is 1.19. The maximum atomic E-state index is 11.8. The molecule has 0 N–H and O–H groups in total. The molecular formula is C14H10INO4. The molecule has 1 aromatic heterocycles. The summed E-state index contributed by atoms with van der Waals surface area (Å²) >= 11 is 2.13. The Labute approximate surface area is 128 Å². The first kappa shape index (κ1) is 14.4. The number of ketones is 1. The minimum atomic E-state index is -0.820. The number of hydrogen-bond donors (Lipinski definition) is 0. The zero-order chi connectivity index (χ0) is 14.5. The van der Waals surface area contributed by atoms with Crippen molar-refractivity contribution < 1.29 is 19.1 Å². The zero-order valence-electron chi connectivity index (χ0n) is 10.3. The predicted molar refractivity (Wildman–Crippen MR) is 79.2 cm³/mol. The molecule has 0 fully saturated rings. The second-order valence-corrected chi connectivity index (χ2v) is 5.16. The Morgan fingerprint density at radius 2 is 1.85 bits per heavy atom. The fourth-order valence-corrected chi connectivity index (χ4v) is 1.87. The Balaban J connectivity index is 1.99. The molecule has 1 aromatic carbocycles. The minimum absolute atomic E-state index is 0.150. The van der Waals surface area contributed by atoms with Crippen molar-refractivity contribution >= 4 is 34.3 Å². The van der Waals surface area contributed by atoms with Crippen LogP contribution in [-0.2, 0) is 4.74 Å². The summed E-state index contributed by atoms with van der Waals surface area (Å²) in [5, 5.41) is 11.3. The number of rotatable bonds is 4. The molecule has 0 saturated carbocycles. The van der Waals surface area contributed by atoms with Gasteiger partial charge < -0.3 is 9.94 Å². The SMILES string of the molecule is O=C(COC(=O)c1cccc[n+]1[O-])c1ccc(I)cc1. The Morgan fingerprint density at radius 3 is 2.50 bits per heavy atom. The summed E-state index contributed by atoms with van der Waals surface area (Å²) in [6.45, 7) is -0.395. The third kappa shape index (κ3) is 3.53. The zero-order valence-corrected chi connectivity index (χ0v) is 12.4. The number of carbonyl (C=O) groups is 2.